The van der Waals surface area contributed by atoms with E-state index in [2.05, 4.69) is 26.8 Å². The molecule has 1 aliphatic rings. The molecule has 7 nitrogen and oxygen atoms in total. The molecule has 0 unspecified atom stereocenters. The van der Waals surface area contributed by atoms with Gasteiger partial charge in [-0.3, -0.25) is 4.79 Å². The van der Waals surface area contributed by atoms with Gasteiger partial charge in [0.1, 0.15) is 19.2 Å². The van der Waals surface area contributed by atoms with Crippen molar-refractivity contribution in [3.05, 3.63) is 48.0 Å². The molecule has 23 heavy (non-hydrogen) atoms. The maximum Gasteiger partial charge on any atom is 0.242 e. The average Bonchev–Trinajstić information content (AvgIpc) is 3.02. The van der Waals surface area contributed by atoms with Crippen molar-refractivity contribution in [2.45, 2.75) is 38.0 Å². The van der Waals surface area contributed by atoms with Gasteiger partial charge in [0.2, 0.25) is 5.91 Å². The Hall–Kier alpha value is -2.72. The van der Waals surface area contributed by atoms with Crippen LogP contribution in [0.5, 0.6) is 0 Å². The first kappa shape index (κ1) is 15.2. The van der Waals surface area contributed by atoms with Crippen molar-refractivity contribution in [1.82, 2.24) is 25.4 Å². The molecular formula is C16H18N6O. The average molecular weight is 310 g/mol. The van der Waals surface area contributed by atoms with Crippen molar-refractivity contribution in [2.24, 2.45) is 0 Å². The highest BCUT2D eigenvalue weighted by atomic mass is 16.2. The molecule has 1 saturated carbocycles. The van der Waals surface area contributed by atoms with Crippen LogP contribution in [0.2, 0.25) is 0 Å². The summed E-state index contributed by atoms with van der Waals surface area (Å²) in [6.45, 7) is 0.982. The van der Waals surface area contributed by atoms with Crippen LogP contribution in [-0.2, 0) is 17.9 Å². The minimum Gasteiger partial charge on any atom is -0.352 e. The second-order valence-corrected chi connectivity index (χ2v) is 5.72. The Morgan fingerprint density at radius 1 is 1.30 bits per heavy atom. The quantitative estimate of drug-likeness (QED) is 0.814. The Morgan fingerprint density at radius 2 is 2.09 bits per heavy atom. The molecule has 2 aromatic rings. The minimum absolute atomic E-state index is 0.0361. The smallest absolute Gasteiger partial charge is 0.242 e. The van der Waals surface area contributed by atoms with E-state index >= 15 is 0 Å². The summed E-state index contributed by atoms with van der Waals surface area (Å²) in [5.74, 6) is -0.0361. The van der Waals surface area contributed by atoms with Gasteiger partial charge in [0.05, 0.1) is 11.6 Å². The number of amides is 1. The van der Waals surface area contributed by atoms with Gasteiger partial charge in [0.15, 0.2) is 0 Å². The summed E-state index contributed by atoms with van der Waals surface area (Å²) in [5.41, 5.74) is 1.83. The van der Waals surface area contributed by atoms with Crippen molar-refractivity contribution >= 4 is 5.91 Å². The summed E-state index contributed by atoms with van der Waals surface area (Å²) < 4.78 is 1.51. The number of hydrogen-bond donors (Lipinski definition) is 2. The van der Waals surface area contributed by atoms with Gasteiger partial charge in [0.25, 0.3) is 0 Å². The Labute approximate surface area is 134 Å². The van der Waals surface area contributed by atoms with Crippen LogP contribution in [0.15, 0.2) is 36.9 Å². The Morgan fingerprint density at radius 3 is 2.74 bits per heavy atom. The highest BCUT2D eigenvalue weighted by Gasteiger charge is 2.29. The van der Waals surface area contributed by atoms with Gasteiger partial charge in [-0.25, -0.2) is 9.67 Å². The molecule has 7 heteroatoms. The lowest BCUT2D eigenvalue weighted by Gasteiger charge is -2.36. The van der Waals surface area contributed by atoms with Crippen molar-refractivity contribution in [3.8, 4) is 6.07 Å². The molecule has 1 heterocycles. The van der Waals surface area contributed by atoms with Crippen LogP contribution in [0.3, 0.4) is 0 Å². The van der Waals surface area contributed by atoms with Gasteiger partial charge in [-0.2, -0.15) is 10.4 Å². The van der Waals surface area contributed by atoms with Crippen LogP contribution in [-0.4, -0.2) is 32.8 Å². The molecule has 2 N–H and O–H groups in total. The zero-order chi connectivity index (χ0) is 16.1. The summed E-state index contributed by atoms with van der Waals surface area (Å²) in [6.07, 6.45) is 4.81. The molecule has 0 atom stereocenters. The third-order valence-corrected chi connectivity index (χ3v) is 3.95. The van der Waals surface area contributed by atoms with Crippen molar-refractivity contribution in [2.75, 3.05) is 0 Å². The van der Waals surface area contributed by atoms with Gasteiger partial charge in [-0.15, -0.1) is 0 Å². The van der Waals surface area contributed by atoms with Crippen molar-refractivity contribution in [1.29, 1.82) is 5.26 Å². The zero-order valence-corrected chi connectivity index (χ0v) is 12.6. The maximum atomic E-state index is 11.8. The predicted molar refractivity (Wildman–Crippen MR) is 83.0 cm³/mol. The lowest BCUT2D eigenvalue weighted by Crippen LogP contribution is -2.52. The number of carbonyl (C=O) groups excluding carboxylic acids is 1. The summed E-state index contributed by atoms with van der Waals surface area (Å²) in [6, 6.07) is 10.3. The van der Waals surface area contributed by atoms with Crippen LogP contribution in [0.25, 0.3) is 0 Å². The number of benzene rings is 1. The molecular weight excluding hydrogens is 292 g/mol. The third kappa shape index (κ3) is 4.14. The van der Waals surface area contributed by atoms with Crippen LogP contribution in [0.4, 0.5) is 0 Å². The first-order chi connectivity index (χ1) is 11.2. The molecule has 1 aliphatic carbocycles. The van der Waals surface area contributed by atoms with Gasteiger partial charge in [-0.1, -0.05) is 12.1 Å². The van der Waals surface area contributed by atoms with Crippen molar-refractivity contribution < 1.29 is 4.79 Å². The second kappa shape index (κ2) is 7.03. The number of nitrogens with zero attached hydrogens (tertiary/aromatic N) is 4. The molecule has 1 aromatic carbocycles. The molecule has 3 rings (SSSR count). The Bertz CT molecular complexity index is 682. The second-order valence-electron chi connectivity index (χ2n) is 5.72. The van der Waals surface area contributed by atoms with E-state index < -0.39 is 0 Å². The van der Waals surface area contributed by atoms with E-state index in [0.29, 0.717) is 11.6 Å². The Kier molecular flexibility index (Phi) is 4.64. The fourth-order valence-electron chi connectivity index (χ4n) is 2.60. The largest absolute Gasteiger partial charge is 0.352 e. The Balaban J connectivity index is 1.34. The number of nitriles is 1. The fraction of sp³-hybridized carbons (Fsp3) is 0.375. The van der Waals surface area contributed by atoms with Crippen LogP contribution in [0, 0.1) is 11.3 Å². The molecule has 0 bridgehead atoms. The molecule has 0 saturated heterocycles. The first-order valence-corrected chi connectivity index (χ1v) is 7.57. The van der Waals surface area contributed by atoms with Gasteiger partial charge in [0, 0.05) is 18.6 Å². The standard InChI is InChI=1S/C16H18N6O/c17-7-12-1-3-13(4-2-12)8-19-14-5-15(6-14)21-16(23)9-22-11-18-10-20-22/h1-4,10-11,14-15,19H,5-6,8-9H2,(H,21,23). The number of aromatic nitrogens is 3. The zero-order valence-electron chi connectivity index (χ0n) is 12.6. The molecule has 1 aromatic heterocycles. The number of hydrogen-bond acceptors (Lipinski definition) is 5. The summed E-state index contributed by atoms with van der Waals surface area (Å²) in [5, 5.41) is 19.1. The van der Waals surface area contributed by atoms with Gasteiger partial charge < -0.3 is 10.6 Å². The van der Waals surface area contributed by atoms with Crippen molar-refractivity contribution in [3.63, 3.8) is 0 Å². The van der Waals surface area contributed by atoms with E-state index in [9.17, 15) is 4.79 Å². The predicted octanol–water partition coefficient (Wildman–Crippen LogP) is 0.587. The van der Waals surface area contributed by atoms with E-state index in [1.165, 1.54) is 17.3 Å². The SMILES string of the molecule is N#Cc1ccc(CNC2CC(NC(=O)Cn3cncn3)C2)cc1. The highest BCUT2D eigenvalue weighted by Crippen LogP contribution is 2.20. The fourth-order valence-corrected chi connectivity index (χ4v) is 2.60. The number of carbonyl (C=O) groups is 1. The van der Waals surface area contributed by atoms with Gasteiger partial charge >= 0.3 is 0 Å². The highest BCUT2D eigenvalue weighted by molar-refractivity contribution is 5.76. The molecule has 1 fully saturated rings. The normalized spacial score (nSPS) is 19.6. The van der Waals surface area contributed by atoms with Crippen LogP contribution in [0.1, 0.15) is 24.0 Å². The third-order valence-electron chi connectivity index (χ3n) is 3.95. The first-order valence-electron chi connectivity index (χ1n) is 7.57. The maximum absolute atomic E-state index is 11.8. The summed E-state index contributed by atoms with van der Waals surface area (Å²) in [4.78, 5) is 15.6. The minimum atomic E-state index is -0.0361. The monoisotopic (exact) mass is 310 g/mol. The number of rotatable bonds is 6. The summed E-state index contributed by atoms with van der Waals surface area (Å²) in [7, 11) is 0. The van der Waals surface area contributed by atoms with Crippen LogP contribution >= 0.6 is 0 Å². The molecule has 0 aliphatic heterocycles. The lowest BCUT2D eigenvalue weighted by atomic mass is 9.86. The van der Waals surface area contributed by atoms with E-state index in [4.69, 9.17) is 5.26 Å². The van der Waals surface area contributed by atoms with E-state index in [1.807, 2.05) is 24.3 Å². The van der Waals surface area contributed by atoms with E-state index in [-0.39, 0.29) is 18.5 Å². The molecule has 1 amide bonds. The molecule has 0 radical (unpaired) electrons. The molecule has 118 valence electrons. The van der Waals surface area contributed by atoms with Gasteiger partial charge in [-0.05, 0) is 30.5 Å². The molecule has 0 spiro atoms. The summed E-state index contributed by atoms with van der Waals surface area (Å²) >= 11 is 0. The topological polar surface area (TPSA) is 95.6 Å². The van der Waals surface area contributed by atoms with E-state index in [1.54, 1.807) is 0 Å². The van der Waals surface area contributed by atoms with Crippen LogP contribution < -0.4 is 10.6 Å². The lowest BCUT2D eigenvalue weighted by molar-refractivity contribution is -0.123. The number of nitrogens with one attached hydrogen (secondary N) is 2. The van der Waals surface area contributed by atoms with E-state index in [0.717, 1.165) is 24.9 Å².